The number of hydrogen-bond acceptors (Lipinski definition) is 3. The van der Waals surface area contributed by atoms with Crippen molar-refractivity contribution in [3.8, 4) is 0 Å². The molecule has 0 bridgehead atoms. The lowest BCUT2D eigenvalue weighted by molar-refractivity contribution is 0.0634. The number of carboxylic acids is 1. The van der Waals surface area contributed by atoms with Gasteiger partial charge in [0.2, 0.25) is 0 Å². The summed E-state index contributed by atoms with van der Waals surface area (Å²) < 4.78 is 5.10. The Balaban J connectivity index is 2.95. The number of aromatic carboxylic acids is 1. The van der Waals surface area contributed by atoms with Crippen LogP contribution in [0.2, 0.25) is 5.02 Å². The number of carbonyl (C=O) groups is 2. The summed E-state index contributed by atoms with van der Waals surface area (Å²) in [7, 11) is 0. The van der Waals surface area contributed by atoms with E-state index in [4.69, 9.17) is 21.4 Å². The minimum atomic E-state index is -1.11. The molecular formula is C13H16ClNO4. The van der Waals surface area contributed by atoms with E-state index in [-0.39, 0.29) is 10.6 Å². The van der Waals surface area contributed by atoms with Gasteiger partial charge in [-0.1, -0.05) is 11.6 Å². The molecule has 5 nitrogen and oxygen atoms in total. The maximum absolute atomic E-state index is 11.6. The Hall–Kier alpha value is -1.75. The molecule has 1 rings (SSSR count). The van der Waals surface area contributed by atoms with Crippen LogP contribution in [-0.4, -0.2) is 22.8 Å². The van der Waals surface area contributed by atoms with Crippen LogP contribution in [0.3, 0.4) is 0 Å². The topological polar surface area (TPSA) is 75.6 Å². The number of carboxylic acid groups (broad SMARTS) is 1. The maximum Gasteiger partial charge on any atom is 0.412 e. The molecule has 0 aromatic heterocycles. The Morgan fingerprint density at radius 2 is 1.89 bits per heavy atom. The Morgan fingerprint density at radius 3 is 2.37 bits per heavy atom. The first-order valence-corrected chi connectivity index (χ1v) is 6.01. The molecule has 104 valence electrons. The molecule has 0 heterocycles. The van der Waals surface area contributed by atoms with Gasteiger partial charge in [0, 0.05) is 5.69 Å². The third kappa shape index (κ3) is 4.44. The monoisotopic (exact) mass is 285 g/mol. The molecule has 0 aliphatic heterocycles. The maximum atomic E-state index is 11.6. The second-order valence-electron chi connectivity index (χ2n) is 5.08. The predicted molar refractivity (Wildman–Crippen MR) is 73.0 cm³/mol. The number of hydrogen-bond donors (Lipinski definition) is 2. The summed E-state index contributed by atoms with van der Waals surface area (Å²) in [6, 6.07) is 2.79. The van der Waals surface area contributed by atoms with E-state index in [1.54, 1.807) is 27.7 Å². The van der Waals surface area contributed by atoms with Crippen molar-refractivity contribution < 1.29 is 19.4 Å². The van der Waals surface area contributed by atoms with Gasteiger partial charge in [-0.05, 0) is 45.4 Å². The lowest BCUT2D eigenvalue weighted by Gasteiger charge is -2.20. The van der Waals surface area contributed by atoms with Gasteiger partial charge in [0.25, 0.3) is 0 Å². The van der Waals surface area contributed by atoms with Gasteiger partial charge >= 0.3 is 12.1 Å². The van der Waals surface area contributed by atoms with Crippen molar-refractivity contribution >= 4 is 29.4 Å². The lowest BCUT2D eigenvalue weighted by atomic mass is 10.1. The zero-order valence-corrected chi connectivity index (χ0v) is 12.0. The Bertz CT molecular complexity index is 520. The van der Waals surface area contributed by atoms with Crippen LogP contribution in [0.15, 0.2) is 12.1 Å². The van der Waals surface area contributed by atoms with E-state index in [0.29, 0.717) is 11.3 Å². The van der Waals surface area contributed by atoms with Crippen molar-refractivity contribution in [2.45, 2.75) is 33.3 Å². The molecule has 2 N–H and O–H groups in total. The summed E-state index contributed by atoms with van der Waals surface area (Å²) in [4.78, 5) is 22.5. The third-order valence-electron chi connectivity index (χ3n) is 2.18. The van der Waals surface area contributed by atoms with Crippen LogP contribution in [-0.2, 0) is 4.74 Å². The van der Waals surface area contributed by atoms with Gasteiger partial charge in [-0.25, -0.2) is 9.59 Å². The average Bonchev–Trinajstić information content (AvgIpc) is 2.19. The predicted octanol–water partition coefficient (Wildman–Crippen LogP) is 3.69. The van der Waals surface area contributed by atoms with E-state index in [0.717, 1.165) is 0 Å². The SMILES string of the molecule is Cc1cc(C(=O)O)c(Cl)cc1NC(=O)OC(C)(C)C. The summed E-state index contributed by atoms with van der Waals surface area (Å²) in [5, 5.41) is 11.5. The number of benzene rings is 1. The molecule has 6 heteroatoms. The van der Waals surface area contributed by atoms with Crippen molar-refractivity contribution in [3.05, 3.63) is 28.3 Å². The van der Waals surface area contributed by atoms with Crippen LogP contribution < -0.4 is 5.32 Å². The van der Waals surface area contributed by atoms with Crippen molar-refractivity contribution in [2.24, 2.45) is 0 Å². The van der Waals surface area contributed by atoms with Crippen molar-refractivity contribution in [1.29, 1.82) is 0 Å². The summed E-state index contributed by atoms with van der Waals surface area (Å²) in [5.74, 6) is -1.11. The third-order valence-corrected chi connectivity index (χ3v) is 2.49. The molecule has 0 unspecified atom stereocenters. The van der Waals surface area contributed by atoms with Gasteiger partial charge in [0.05, 0.1) is 10.6 Å². The van der Waals surface area contributed by atoms with Gasteiger partial charge in [0.15, 0.2) is 0 Å². The summed E-state index contributed by atoms with van der Waals surface area (Å²) in [6.07, 6.45) is -0.616. The molecule has 0 aliphatic rings. The minimum Gasteiger partial charge on any atom is -0.478 e. The fraction of sp³-hybridized carbons (Fsp3) is 0.385. The fourth-order valence-corrected chi connectivity index (χ4v) is 1.64. The average molecular weight is 286 g/mol. The molecule has 1 aromatic rings. The summed E-state index contributed by atoms with van der Waals surface area (Å²) >= 11 is 5.84. The van der Waals surface area contributed by atoms with Gasteiger partial charge in [-0.15, -0.1) is 0 Å². The highest BCUT2D eigenvalue weighted by atomic mass is 35.5. The number of carbonyl (C=O) groups excluding carboxylic acids is 1. The van der Waals surface area contributed by atoms with Gasteiger partial charge in [-0.3, -0.25) is 5.32 Å². The summed E-state index contributed by atoms with van der Waals surface area (Å²) in [5.41, 5.74) is 0.397. The number of anilines is 1. The molecule has 0 fully saturated rings. The molecule has 0 radical (unpaired) electrons. The van der Waals surface area contributed by atoms with E-state index in [1.165, 1.54) is 12.1 Å². The van der Waals surface area contributed by atoms with Crippen molar-refractivity contribution in [1.82, 2.24) is 0 Å². The first-order valence-electron chi connectivity index (χ1n) is 5.63. The molecule has 1 amide bonds. The number of amides is 1. The Morgan fingerprint density at radius 1 is 1.32 bits per heavy atom. The van der Waals surface area contributed by atoms with Gasteiger partial charge in [0.1, 0.15) is 5.60 Å². The summed E-state index contributed by atoms with van der Waals surface area (Å²) in [6.45, 7) is 6.93. The number of halogens is 1. The highest BCUT2D eigenvalue weighted by molar-refractivity contribution is 6.33. The van der Waals surface area contributed by atoms with Crippen molar-refractivity contribution in [2.75, 3.05) is 5.32 Å². The lowest BCUT2D eigenvalue weighted by Crippen LogP contribution is -2.27. The fourth-order valence-electron chi connectivity index (χ4n) is 1.39. The minimum absolute atomic E-state index is 0.00564. The van der Waals surface area contributed by atoms with Gasteiger partial charge < -0.3 is 9.84 Å². The van der Waals surface area contributed by atoms with Crippen LogP contribution in [0.4, 0.5) is 10.5 Å². The molecule has 0 atom stereocenters. The standard InChI is InChI=1S/C13H16ClNO4/c1-7-5-8(11(16)17)9(14)6-10(7)15-12(18)19-13(2,3)4/h5-6H,1-4H3,(H,15,18)(H,16,17). The Labute approximate surface area is 116 Å². The number of rotatable bonds is 2. The normalized spacial score (nSPS) is 11.0. The quantitative estimate of drug-likeness (QED) is 0.869. The number of nitrogens with one attached hydrogen (secondary N) is 1. The van der Waals surface area contributed by atoms with Crippen LogP contribution in [0.25, 0.3) is 0 Å². The molecule has 0 spiro atoms. The van der Waals surface area contributed by atoms with Crippen LogP contribution in [0, 0.1) is 6.92 Å². The van der Waals surface area contributed by atoms with Crippen LogP contribution in [0.5, 0.6) is 0 Å². The number of ether oxygens (including phenoxy) is 1. The highest BCUT2D eigenvalue weighted by Crippen LogP contribution is 2.25. The number of aryl methyl sites for hydroxylation is 1. The largest absolute Gasteiger partial charge is 0.478 e. The van der Waals surface area contributed by atoms with Gasteiger partial charge in [-0.2, -0.15) is 0 Å². The van der Waals surface area contributed by atoms with E-state index < -0.39 is 17.7 Å². The second kappa shape index (κ2) is 5.48. The smallest absolute Gasteiger partial charge is 0.412 e. The molecular weight excluding hydrogens is 270 g/mol. The molecule has 0 saturated carbocycles. The van der Waals surface area contributed by atoms with E-state index in [2.05, 4.69) is 5.32 Å². The molecule has 1 aromatic carbocycles. The van der Waals surface area contributed by atoms with Crippen LogP contribution >= 0.6 is 11.6 Å². The molecule has 0 saturated heterocycles. The first kappa shape index (κ1) is 15.3. The van der Waals surface area contributed by atoms with E-state index in [9.17, 15) is 9.59 Å². The zero-order valence-electron chi connectivity index (χ0n) is 11.2. The van der Waals surface area contributed by atoms with E-state index >= 15 is 0 Å². The highest BCUT2D eigenvalue weighted by Gasteiger charge is 2.18. The molecule has 0 aliphatic carbocycles. The zero-order chi connectivity index (χ0) is 14.8. The second-order valence-corrected chi connectivity index (χ2v) is 5.49. The van der Waals surface area contributed by atoms with E-state index in [1.807, 2.05) is 0 Å². The van der Waals surface area contributed by atoms with Crippen molar-refractivity contribution in [3.63, 3.8) is 0 Å². The first-order chi connectivity index (χ1) is 8.60. The molecule has 19 heavy (non-hydrogen) atoms. The van der Waals surface area contributed by atoms with Crippen LogP contribution in [0.1, 0.15) is 36.7 Å². The Kier molecular flexibility index (Phi) is 4.42.